The topological polar surface area (TPSA) is 72.9 Å². The van der Waals surface area contributed by atoms with E-state index in [4.69, 9.17) is 0 Å². The van der Waals surface area contributed by atoms with Crippen molar-refractivity contribution in [3.05, 3.63) is 106 Å². The van der Waals surface area contributed by atoms with E-state index in [0.29, 0.717) is 0 Å². The van der Waals surface area contributed by atoms with Crippen LogP contribution in [0.15, 0.2) is 79.0 Å². The van der Waals surface area contributed by atoms with Gasteiger partial charge in [0.15, 0.2) is 6.21 Å². The maximum Gasteiger partial charge on any atom is 0.269 e. The number of rotatable bonds is 3. The van der Waals surface area contributed by atoms with E-state index in [1.54, 1.807) is 12.1 Å². The molecule has 2 heterocycles. The van der Waals surface area contributed by atoms with Gasteiger partial charge in [0.2, 0.25) is 5.69 Å². The Labute approximate surface area is 160 Å². The summed E-state index contributed by atoms with van der Waals surface area (Å²) in [5, 5.41) is 12.2. The van der Waals surface area contributed by atoms with E-state index in [1.165, 1.54) is 0 Å². The zero-order chi connectivity index (χ0) is 19.1. The first-order valence-corrected chi connectivity index (χ1v) is 8.97. The molecule has 0 fully saturated rings. The Morgan fingerprint density at radius 2 is 1.68 bits per heavy atom. The number of nitro benzene ring substituents is 1. The van der Waals surface area contributed by atoms with Crippen molar-refractivity contribution in [2.75, 3.05) is 0 Å². The fourth-order valence-electron chi connectivity index (χ4n) is 3.76. The molecule has 0 radical (unpaired) electrons. The number of para-hydroxylation sites is 2. The Hall–Kier alpha value is -3.99. The van der Waals surface area contributed by atoms with E-state index < -0.39 is 0 Å². The summed E-state index contributed by atoms with van der Waals surface area (Å²) in [5.74, 6) is 0. The lowest BCUT2D eigenvalue weighted by atomic mass is 9.90. The van der Waals surface area contributed by atoms with Crippen molar-refractivity contribution in [3.8, 4) is 0 Å². The molecule has 3 aromatic carbocycles. The Bertz CT molecular complexity index is 1280. The molecule has 1 aliphatic rings. The van der Waals surface area contributed by atoms with Crippen LogP contribution in [0.25, 0.3) is 22.0 Å². The van der Waals surface area contributed by atoms with Crippen LogP contribution in [0.1, 0.15) is 16.7 Å². The number of aromatic amines is 1. The molecule has 0 saturated carbocycles. The summed E-state index contributed by atoms with van der Waals surface area (Å²) in [4.78, 5) is 17.4. The predicted octanol–water partition coefficient (Wildman–Crippen LogP) is 3.83. The first-order chi connectivity index (χ1) is 13.7. The van der Waals surface area contributed by atoms with Crippen LogP contribution in [0, 0.1) is 10.1 Å². The number of nitro groups is 1. The van der Waals surface area contributed by atoms with Gasteiger partial charge in [-0.05, 0) is 29.8 Å². The quantitative estimate of drug-likeness (QED) is 0.427. The van der Waals surface area contributed by atoms with Crippen LogP contribution in [0.3, 0.4) is 0 Å². The highest BCUT2D eigenvalue weighted by atomic mass is 16.6. The zero-order valence-electron chi connectivity index (χ0n) is 14.8. The minimum atomic E-state index is -0.374. The molecule has 0 spiro atoms. The van der Waals surface area contributed by atoms with Crippen molar-refractivity contribution in [1.82, 2.24) is 4.98 Å². The maximum atomic E-state index is 11.1. The Balaban J connectivity index is 1.80. The zero-order valence-corrected chi connectivity index (χ0v) is 14.8. The summed E-state index contributed by atoms with van der Waals surface area (Å²) in [5.41, 5.74) is 7.39. The number of non-ortho nitro benzene ring substituents is 1. The number of nitrogens with one attached hydrogen (secondary N) is 2. The maximum absolute atomic E-state index is 11.1. The number of H-pyrrole nitrogens is 1. The Kier molecular flexibility index (Phi) is 3.66. The van der Waals surface area contributed by atoms with Crippen LogP contribution in [-0.4, -0.2) is 16.1 Å². The van der Waals surface area contributed by atoms with Gasteiger partial charge in [-0.2, -0.15) is 0 Å². The molecule has 1 aromatic heterocycles. The molecule has 0 atom stereocenters. The molecule has 0 aliphatic carbocycles. The summed E-state index contributed by atoms with van der Waals surface area (Å²) in [6.07, 6.45) is 4.01. The van der Waals surface area contributed by atoms with E-state index in [1.807, 2.05) is 60.9 Å². The summed E-state index contributed by atoms with van der Waals surface area (Å²) >= 11 is 0. The molecule has 0 bridgehead atoms. The van der Waals surface area contributed by atoms with E-state index in [2.05, 4.69) is 22.1 Å². The van der Waals surface area contributed by atoms with Crippen LogP contribution >= 0.6 is 0 Å². The number of aromatic nitrogens is 1. The molecule has 2 N–H and O–H groups in total. The van der Waals surface area contributed by atoms with E-state index in [0.717, 1.165) is 44.4 Å². The van der Waals surface area contributed by atoms with Gasteiger partial charge in [0, 0.05) is 46.4 Å². The van der Waals surface area contributed by atoms with Gasteiger partial charge in [0.05, 0.1) is 16.1 Å². The van der Waals surface area contributed by atoms with Crippen LogP contribution < -0.4 is 4.99 Å². The molecular weight excluding hydrogens is 350 g/mol. The van der Waals surface area contributed by atoms with Crippen LogP contribution in [-0.2, 0) is 0 Å². The summed E-state index contributed by atoms with van der Waals surface area (Å²) in [6.45, 7) is 0. The van der Waals surface area contributed by atoms with Gasteiger partial charge in [0.25, 0.3) is 5.69 Å². The first kappa shape index (κ1) is 16.2. The Morgan fingerprint density at radius 1 is 0.929 bits per heavy atom. The highest BCUT2D eigenvalue weighted by Gasteiger charge is 2.25. The number of nitrogens with zero attached hydrogens (tertiary/aromatic N) is 1. The smallest absolute Gasteiger partial charge is 0.269 e. The van der Waals surface area contributed by atoms with Gasteiger partial charge in [-0.3, -0.25) is 10.1 Å². The number of allylic oxidation sites excluding steroid dienone is 1. The van der Waals surface area contributed by atoms with E-state index in [9.17, 15) is 10.1 Å². The van der Waals surface area contributed by atoms with Crippen molar-refractivity contribution in [2.24, 2.45) is 0 Å². The van der Waals surface area contributed by atoms with Crippen molar-refractivity contribution in [2.45, 2.75) is 0 Å². The standard InChI is InChI=1S/C23H15N3O2/c27-26(28)16-11-9-15(10-12-16)23(19-13-24-21-7-3-1-5-17(19)21)20-14-25-22-8-4-2-6-18(20)22/h1-14,24H/p+1/b23-20-. The van der Waals surface area contributed by atoms with Gasteiger partial charge in [-0.1, -0.05) is 30.3 Å². The summed E-state index contributed by atoms with van der Waals surface area (Å²) in [6, 6.07) is 23.0. The fraction of sp³-hybridized carbons (Fsp3) is 0. The fourth-order valence-corrected chi connectivity index (χ4v) is 3.76. The van der Waals surface area contributed by atoms with Gasteiger partial charge in [0.1, 0.15) is 0 Å². The van der Waals surface area contributed by atoms with Gasteiger partial charge >= 0.3 is 0 Å². The molecule has 5 nitrogen and oxygen atoms in total. The monoisotopic (exact) mass is 366 g/mol. The SMILES string of the molecule is O=[N+]([O-])c1ccc(/C(=C2\C=[NH+]c3ccccc32)c2c[nH]c3ccccc23)cc1. The molecule has 28 heavy (non-hydrogen) atoms. The largest absolute Gasteiger partial charge is 0.361 e. The van der Waals surface area contributed by atoms with Crippen LogP contribution in [0.4, 0.5) is 11.4 Å². The van der Waals surface area contributed by atoms with E-state index >= 15 is 0 Å². The van der Waals surface area contributed by atoms with Crippen molar-refractivity contribution in [1.29, 1.82) is 0 Å². The average molecular weight is 366 g/mol. The molecule has 0 amide bonds. The highest BCUT2D eigenvalue weighted by molar-refractivity contribution is 6.24. The third-order valence-electron chi connectivity index (χ3n) is 5.08. The lowest BCUT2D eigenvalue weighted by Crippen LogP contribution is -2.58. The predicted molar refractivity (Wildman–Crippen MR) is 110 cm³/mol. The van der Waals surface area contributed by atoms with Crippen molar-refractivity contribution < 1.29 is 9.92 Å². The first-order valence-electron chi connectivity index (χ1n) is 8.97. The van der Waals surface area contributed by atoms with Gasteiger partial charge < -0.3 is 4.98 Å². The van der Waals surface area contributed by atoms with Crippen LogP contribution in [0.2, 0.25) is 0 Å². The molecule has 0 unspecified atom stereocenters. The summed E-state index contributed by atoms with van der Waals surface area (Å²) < 4.78 is 0. The van der Waals surface area contributed by atoms with Gasteiger partial charge in [-0.25, -0.2) is 4.99 Å². The third-order valence-corrected chi connectivity index (χ3v) is 5.08. The number of hydrogen-bond donors (Lipinski definition) is 2. The highest BCUT2D eigenvalue weighted by Crippen LogP contribution is 2.37. The summed E-state index contributed by atoms with van der Waals surface area (Å²) in [7, 11) is 0. The lowest BCUT2D eigenvalue weighted by molar-refractivity contribution is -0.384. The molecule has 0 saturated heterocycles. The number of fused-ring (bicyclic) bond motifs is 2. The molecule has 5 heteroatoms. The molecular formula is C23H16N3O2+. The second-order valence-corrected chi connectivity index (χ2v) is 6.67. The average Bonchev–Trinajstić information content (AvgIpc) is 3.34. The third kappa shape index (κ3) is 2.53. The minimum absolute atomic E-state index is 0.0842. The van der Waals surface area contributed by atoms with Crippen molar-refractivity contribution in [3.63, 3.8) is 0 Å². The molecule has 4 aromatic rings. The van der Waals surface area contributed by atoms with Crippen LogP contribution in [0.5, 0.6) is 0 Å². The normalized spacial score (nSPS) is 14.3. The molecule has 5 rings (SSSR count). The Morgan fingerprint density at radius 3 is 2.50 bits per heavy atom. The second kappa shape index (κ2) is 6.32. The number of benzene rings is 3. The second-order valence-electron chi connectivity index (χ2n) is 6.67. The van der Waals surface area contributed by atoms with E-state index in [-0.39, 0.29) is 10.6 Å². The minimum Gasteiger partial charge on any atom is -0.361 e. The molecule has 134 valence electrons. The van der Waals surface area contributed by atoms with Gasteiger partial charge in [-0.15, -0.1) is 0 Å². The molecule has 1 aliphatic heterocycles. The number of hydrogen-bond acceptors (Lipinski definition) is 2. The lowest BCUT2D eigenvalue weighted by Gasteiger charge is -2.10. The van der Waals surface area contributed by atoms with Crippen molar-refractivity contribution >= 4 is 39.6 Å².